The van der Waals surface area contributed by atoms with E-state index in [2.05, 4.69) is 43.9 Å². The minimum Gasteiger partial charge on any atom is -0.348 e. The van der Waals surface area contributed by atoms with Gasteiger partial charge in [-0.2, -0.15) is 0 Å². The molecule has 0 aromatic carbocycles. The van der Waals surface area contributed by atoms with E-state index >= 15 is 0 Å². The molecule has 0 fully saturated rings. The van der Waals surface area contributed by atoms with Crippen molar-refractivity contribution < 1.29 is 4.79 Å². The van der Waals surface area contributed by atoms with E-state index in [1.54, 1.807) is 6.33 Å². The van der Waals surface area contributed by atoms with Gasteiger partial charge in [-0.1, -0.05) is 13.8 Å². The first kappa shape index (κ1) is 15.3. The lowest BCUT2D eigenvalue weighted by Gasteiger charge is -2.28. The number of aromatic nitrogens is 5. The van der Waals surface area contributed by atoms with Crippen molar-refractivity contribution in [1.29, 1.82) is 0 Å². The quantitative estimate of drug-likeness (QED) is 0.832. The van der Waals surface area contributed by atoms with E-state index < -0.39 is 0 Å². The van der Waals surface area contributed by atoms with Gasteiger partial charge in [0, 0.05) is 50.6 Å². The SMILES string of the molecule is CC(C)c1nnc2n1CCN(C(=O)[C@H]1NCCc3[nH]cnc31)CC2. The molecule has 4 heterocycles. The molecule has 0 unspecified atom stereocenters. The Morgan fingerprint density at radius 3 is 2.96 bits per heavy atom. The van der Waals surface area contributed by atoms with Crippen LogP contribution in [0.2, 0.25) is 0 Å². The van der Waals surface area contributed by atoms with Crippen LogP contribution in [0.4, 0.5) is 0 Å². The van der Waals surface area contributed by atoms with Crippen LogP contribution in [0.3, 0.4) is 0 Å². The Labute approximate surface area is 140 Å². The summed E-state index contributed by atoms with van der Waals surface area (Å²) in [6, 6.07) is -0.340. The molecule has 4 rings (SSSR count). The number of nitrogens with one attached hydrogen (secondary N) is 2. The van der Waals surface area contributed by atoms with Gasteiger partial charge < -0.3 is 19.8 Å². The summed E-state index contributed by atoms with van der Waals surface area (Å²) in [5.74, 6) is 2.42. The highest BCUT2D eigenvalue weighted by Gasteiger charge is 2.33. The van der Waals surface area contributed by atoms with E-state index in [0.717, 1.165) is 49.0 Å². The van der Waals surface area contributed by atoms with Crippen molar-refractivity contribution in [3.8, 4) is 0 Å². The highest BCUT2D eigenvalue weighted by atomic mass is 16.2. The fourth-order valence-corrected chi connectivity index (χ4v) is 3.60. The first-order chi connectivity index (χ1) is 11.6. The molecule has 0 spiro atoms. The maximum absolute atomic E-state index is 13.0. The zero-order valence-electron chi connectivity index (χ0n) is 14.1. The first-order valence-corrected chi connectivity index (χ1v) is 8.61. The van der Waals surface area contributed by atoms with Crippen molar-refractivity contribution in [2.24, 2.45) is 0 Å². The van der Waals surface area contributed by atoms with Crippen LogP contribution in [-0.4, -0.2) is 55.2 Å². The molecule has 2 N–H and O–H groups in total. The van der Waals surface area contributed by atoms with Crippen molar-refractivity contribution in [2.75, 3.05) is 19.6 Å². The van der Waals surface area contributed by atoms with Gasteiger partial charge in [0.25, 0.3) is 0 Å². The monoisotopic (exact) mass is 329 g/mol. The molecule has 2 aliphatic heterocycles. The lowest BCUT2D eigenvalue weighted by atomic mass is 10.0. The summed E-state index contributed by atoms with van der Waals surface area (Å²) in [6.45, 7) is 7.14. The molecule has 0 aliphatic carbocycles. The molecule has 24 heavy (non-hydrogen) atoms. The molecule has 0 radical (unpaired) electrons. The number of hydrogen-bond acceptors (Lipinski definition) is 5. The fourth-order valence-electron chi connectivity index (χ4n) is 3.60. The van der Waals surface area contributed by atoms with Crippen LogP contribution in [0.1, 0.15) is 48.8 Å². The Morgan fingerprint density at radius 1 is 1.25 bits per heavy atom. The molecule has 2 aromatic heterocycles. The molecule has 1 atom stereocenters. The van der Waals surface area contributed by atoms with E-state index in [1.807, 2.05) is 4.90 Å². The van der Waals surface area contributed by atoms with Crippen LogP contribution in [0.5, 0.6) is 0 Å². The average Bonchev–Trinajstić information content (AvgIpc) is 3.16. The minimum absolute atomic E-state index is 0.104. The van der Waals surface area contributed by atoms with Gasteiger partial charge in [0.15, 0.2) is 0 Å². The Bertz CT molecular complexity index is 747. The van der Waals surface area contributed by atoms with Crippen LogP contribution in [0.15, 0.2) is 6.33 Å². The lowest BCUT2D eigenvalue weighted by Crippen LogP contribution is -2.45. The van der Waals surface area contributed by atoms with Crippen molar-refractivity contribution in [3.05, 3.63) is 29.4 Å². The summed E-state index contributed by atoms with van der Waals surface area (Å²) in [4.78, 5) is 22.4. The summed E-state index contributed by atoms with van der Waals surface area (Å²) in [7, 11) is 0. The third kappa shape index (κ3) is 2.50. The van der Waals surface area contributed by atoms with Gasteiger partial charge >= 0.3 is 0 Å². The van der Waals surface area contributed by atoms with Gasteiger partial charge in [-0.05, 0) is 0 Å². The molecule has 2 aromatic rings. The number of fused-ring (bicyclic) bond motifs is 2. The van der Waals surface area contributed by atoms with E-state index in [4.69, 9.17) is 0 Å². The predicted molar refractivity (Wildman–Crippen MR) is 87.4 cm³/mol. The second-order valence-corrected chi connectivity index (χ2v) is 6.76. The number of imidazole rings is 1. The third-order valence-corrected chi connectivity index (χ3v) is 4.88. The van der Waals surface area contributed by atoms with Gasteiger partial charge in [-0.3, -0.25) is 4.79 Å². The summed E-state index contributed by atoms with van der Waals surface area (Å²) < 4.78 is 2.17. The third-order valence-electron chi connectivity index (χ3n) is 4.88. The second kappa shape index (κ2) is 6.01. The number of hydrogen-bond donors (Lipinski definition) is 2. The number of rotatable bonds is 2. The number of nitrogens with zero attached hydrogens (tertiary/aromatic N) is 5. The van der Waals surface area contributed by atoms with Crippen LogP contribution in [0.25, 0.3) is 0 Å². The summed E-state index contributed by atoms with van der Waals surface area (Å²) in [5, 5.41) is 11.9. The molecule has 1 amide bonds. The zero-order chi connectivity index (χ0) is 16.7. The smallest absolute Gasteiger partial charge is 0.246 e. The Hall–Kier alpha value is -2.22. The standard InChI is InChI=1S/C16H23N7O/c1-10(2)15-21-20-12-4-6-22(7-8-23(12)15)16(24)14-13-11(3-5-17-14)18-9-19-13/h9-10,14,17H,3-8H2,1-2H3,(H,18,19)/t14-/m0/s1. The first-order valence-electron chi connectivity index (χ1n) is 8.61. The molecule has 8 nitrogen and oxygen atoms in total. The van der Waals surface area contributed by atoms with Crippen LogP contribution < -0.4 is 5.32 Å². The van der Waals surface area contributed by atoms with E-state index in [1.165, 1.54) is 0 Å². The number of aromatic amines is 1. The number of carbonyl (C=O) groups is 1. The average molecular weight is 329 g/mol. The number of carbonyl (C=O) groups excluding carboxylic acids is 1. The van der Waals surface area contributed by atoms with E-state index in [9.17, 15) is 4.79 Å². The van der Waals surface area contributed by atoms with Gasteiger partial charge in [0.05, 0.1) is 12.0 Å². The highest BCUT2D eigenvalue weighted by Crippen LogP contribution is 2.23. The number of amides is 1. The fraction of sp³-hybridized carbons (Fsp3) is 0.625. The second-order valence-electron chi connectivity index (χ2n) is 6.76. The van der Waals surface area contributed by atoms with E-state index in [0.29, 0.717) is 19.0 Å². The summed E-state index contributed by atoms with van der Waals surface area (Å²) in [5.41, 5.74) is 1.92. The number of H-pyrrole nitrogens is 1. The molecule has 0 saturated carbocycles. The van der Waals surface area contributed by atoms with Gasteiger partial charge in [-0.15, -0.1) is 10.2 Å². The van der Waals surface area contributed by atoms with Gasteiger partial charge in [-0.25, -0.2) is 4.98 Å². The minimum atomic E-state index is -0.340. The van der Waals surface area contributed by atoms with Crippen LogP contribution in [0, 0.1) is 0 Å². The van der Waals surface area contributed by atoms with Crippen molar-refractivity contribution >= 4 is 5.91 Å². The maximum Gasteiger partial charge on any atom is 0.246 e. The highest BCUT2D eigenvalue weighted by molar-refractivity contribution is 5.83. The topological polar surface area (TPSA) is 91.7 Å². The predicted octanol–water partition coefficient (Wildman–Crippen LogP) is 0.396. The van der Waals surface area contributed by atoms with Gasteiger partial charge in [0.2, 0.25) is 5.91 Å². The van der Waals surface area contributed by atoms with Crippen molar-refractivity contribution in [3.63, 3.8) is 0 Å². The summed E-state index contributed by atoms with van der Waals surface area (Å²) in [6.07, 6.45) is 3.31. The Morgan fingerprint density at radius 2 is 2.12 bits per heavy atom. The molecule has 2 aliphatic rings. The van der Waals surface area contributed by atoms with E-state index in [-0.39, 0.29) is 11.9 Å². The zero-order valence-corrected chi connectivity index (χ0v) is 14.1. The van der Waals surface area contributed by atoms with Crippen LogP contribution in [-0.2, 0) is 24.2 Å². The molecule has 0 saturated heterocycles. The van der Waals surface area contributed by atoms with Crippen molar-refractivity contribution in [1.82, 2.24) is 34.9 Å². The molecular formula is C16H23N7O. The molecule has 8 heteroatoms. The van der Waals surface area contributed by atoms with Crippen LogP contribution >= 0.6 is 0 Å². The molecule has 0 bridgehead atoms. The largest absolute Gasteiger partial charge is 0.348 e. The summed E-state index contributed by atoms with van der Waals surface area (Å²) >= 11 is 0. The van der Waals surface area contributed by atoms with Crippen molar-refractivity contribution in [2.45, 2.75) is 45.2 Å². The normalized spacial score (nSPS) is 20.6. The Kier molecular flexibility index (Phi) is 3.84. The van der Waals surface area contributed by atoms with Gasteiger partial charge in [0.1, 0.15) is 17.7 Å². The Balaban J connectivity index is 1.52. The lowest BCUT2D eigenvalue weighted by molar-refractivity contribution is -0.133. The molecule has 128 valence electrons. The maximum atomic E-state index is 13.0. The molecular weight excluding hydrogens is 306 g/mol.